The molecule has 11 heavy (non-hydrogen) atoms. The van der Waals surface area contributed by atoms with Crippen LogP contribution in [0.15, 0.2) is 6.20 Å². The summed E-state index contributed by atoms with van der Waals surface area (Å²) in [5, 5.41) is 0. The lowest BCUT2D eigenvalue weighted by Gasteiger charge is -1.96. The number of aryl methyl sites for hydroxylation is 2. The Labute approximate surface area is 67.5 Å². The Balaban J connectivity index is 0.000000461. The van der Waals surface area contributed by atoms with Crippen LogP contribution in [0.4, 0.5) is 5.82 Å². The Morgan fingerprint density at radius 3 is 2.27 bits per heavy atom. The second-order valence-electron chi connectivity index (χ2n) is 1.99. The zero-order valence-electron chi connectivity index (χ0n) is 6.70. The number of nitrogens with two attached hydrogens (primary N) is 2. The van der Waals surface area contributed by atoms with Gasteiger partial charge in [-0.2, -0.15) is 0 Å². The van der Waals surface area contributed by atoms with Crippen LogP contribution in [0.1, 0.15) is 11.4 Å². The van der Waals surface area contributed by atoms with E-state index in [1.54, 1.807) is 6.20 Å². The van der Waals surface area contributed by atoms with Crippen molar-refractivity contribution in [3.05, 3.63) is 17.6 Å². The summed E-state index contributed by atoms with van der Waals surface area (Å²) in [5.41, 5.74) is 10.4. The van der Waals surface area contributed by atoms with E-state index in [2.05, 4.69) is 23.6 Å². The average Bonchev–Trinajstić information content (AvgIpc) is 2.02. The molecule has 0 unspecified atom stereocenters. The fraction of sp³-hybridized carbons (Fsp3) is 0.333. The fourth-order valence-electron chi connectivity index (χ4n) is 0.548. The molecular weight excluding hydrogens is 139 g/mol. The van der Waals surface area contributed by atoms with Gasteiger partial charge >= 0.3 is 0 Å². The summed E-state index contributed by atoms with van der Waals surface area (Å²) >= 11 is 0. The van der Waals surface area contributed by atoms with E-state index in [1.807, 2.05) is 13.8 Å². The monoisotopic (exact) mass is 150 g/mol. The SMILES string of the molecule is Cc1ncc(C)c(N)n1.[B]N. The molecule has 0 amide bonds. The zero-order chi connectivity index (χ0) is 8.85. The summed E-state index contributed by atoms with van der Waals surface area (Å²) in [5.74, 6) is 1.29. The largest absolute Gasteiger partial charge is 0.383 e. The van der Waals surface area contributed by atoms with Gasteiger partial charge in [-0.1, -0.05) is 0 Å². The molecule has 0 saturated heterocycles. The van der Waals surface area contributed by atoms with Crippen molar-refractivity contribution in [1.82, 2.24) is 9.97 Å². The van der Waals surface area contributed by atoms with Gasteiger partial charge in [-0.3, -0.25) is 0 Å². The highest BCUT2D eigenvalue weighted by molar-refractivity contribution is 6.02. The Morgan fingerprint density at radius 2 is 1.91 bits per heavy atom. The van der Waals surface area contributed by atoms with Crippen molar-refractivity contribution >= 4 is 13.8 Å². The molecule has 2 radical (unpaired) electrons. The van der Waals surface area contributed by atoms with Gasteiger partial charge in [0.2, 0.25) is 0 Å². The van der Waals surface area contributed by atoms with Crippen molar-refractivity contribution in [3.63, 3.8) is 0 Å². The molecule has 0 fully saturated rings. The number of hydrogen-bond acceptors (Lipinski definition) is 4. The molecule has 0 aliphatic carbocycles. The van der Waals surface area contributed by atoms with Crippen LogP contribution < -0.4 is 11.4 Å². The molecule has 0 atom stereocenters. The summed E-state index contributed by atoms with van der Waals surface area (Å²) < 4.78 is 0. The van der Waals surface area contributed by atoms with Crippen LogP contribution in [0.25, 0.3) is 0 Å². The van der Waals surface area contributed by atoms with E-state index in [4.69, 9.17) is 5.73 Å². The summed E-state index contributed by atoms with van der Waals surface area (Å²) in [6, 6.07) is 0. The van der Waals surface area contributed by atoms with Gasteiger partial charge in [-0.15, -0.1) is 0 Å². The lowest BCUT2D eigenvalue weighted by molar-refractivity contribution is 1.04. The van der Waals surface area contributed by atoms with E-state index in [-0.39, 0.29) is 0 Å². The van der Waals surface area contributed by atoms with Crippen molar-refractivity contribution in [3.8, 4) is 0 Å². The molecule has 0 spiro atoms. The van der Waals surface area contributed by atoms with Gasteiger partial charge in [-0.25, -0.2) is 9.97 Å². The lowest BCUT2D eigenvalue weighted by Crippen LogP contribution is -1.97. The third-order valence-electron chi connectivity index (χ3n) is 1.13. The normalized spacial score (nSPS) is 8.27. The van der Waals surface area contributed by atoms with Crippen LogP contribution in [0.5, 0.6) is 0 Å². The molecule has 1 heterocycles. The molecule has 1 aromatic rings. The molecule has 4 N–H and O–H groups in total. The first-order valence-corrected chi connectivity index (χ1v) is 3.09. The molecule has 0 aliphatic heterocycles. The number of rotatable bonds is 0. The number of nitrogens with zero attached hydrogens (tertiary/aromatic N) is 2. The fourth-order valence-corrected chi connectivity index (χ4v) is 0.548. The van der Waals surface area contributed by atoms with E-state index in [0.29, 0.717) is 5.82 Å². The quantitative estimate of drug-likeness (QED) is 0.498. The maximum atomic E-state index is 5.47. The predicted octanol–water partition coefficient (Wildman–Crippen LogP) is -0.296. The third-order valence-corrected chi connectivity index (χ3v) is 1.13. The number of anilines is 1. The standard InChI is InChI=1S/C6H9N3.BH2N/c1-4-3-8-5(2)9-6(4)7;1-2/h3H,1-2H3,(H2,7,8,9);2H2. The van der Waals surface area contributed by atoms with Gasteiger partial charge in [0.15, 0.2) is 7.98 Å². The first-order chi connectivity index (χ1) is 5.20. The van der Waals surface area contributed by atoms with E-state index in [0.717, 1.165) is 11.4 Å². The maximum absolute atomic E-state index is 5.47. The van der Waals surface area contributed by atoms with Gasteiger partial charge in [0.25, 0.3) is 0 Å². The average molecular weight is 150 g/mol. The van der Waals surface area contributed by atoms with Gasteiger partial charge in [0.1, 0.15) is 11.6 Å². The highest BCUT2D eigenvalue weighted by atomic mass is 14.9. The molecule has 4 nitrogen and oxygen atoms in total. The first kappa shape index (κ1) is 9.90. The van der Waals surface area contributed by atoms with Crippen LogP contribution in [-0.2, 0) is 0 Å². The maximum Gasteiger partial charge on any atom is 0.174 e. The van der Waals surface area contributed by atoms with Crippen molar-refractivity contribution in [2.75, 3.05) is 5.73 Å². The van der Waals surface area contributed by atoms with Crippen LogP contribution in [-0.4, -0.2) is 17.9 Å². The highest BCUT2D eigenvalue weighted by Crippen LogP contribution is 2.02. The molecule has 58 valence electrons. The Morgan fingerprint density at radius 1 is 1.36 bits per heavy atom. The Hall–Kier alpha value is -1.10. The minimum atomic E-state index is 0.572. The number of aromatic nitrogens is 2. The Bertz CT molecular complexity index is 226. The van der Waals surface area contributed by atoms with Crippen LogP contribution in [0.3, 0.4) is 0 Å². The molecule has 1 rings (SSSR count). The van der Waals surface area contributed by atoms with Gasteiger partial charge < -0.3 is 11.4 Å². The summed E-state index contributed by atoms with van der Waals surface area (Å²) in [6.45, 7) is 3.70. The molecule has 0 bridgehead atoms. The number of nitrogen functional groups attached to an aromatic ring is 1. The zero-order valence-corrected chi connectivity index (χ0v) is 6.70. The lowest BCUT2D eigenvalue weighted by atomic mass is 10.3. The van der Waals surface area contributed by atoms with E-state index < -0.39 is 0 Å². The van der Waals surface area contributed by atoms with E-state index in [1.165, 1.54) is 0 Å². The number of hydrogen-bond donors (Lipinski definition) is 2. The second-order valence-corrected chi connectivity index (χ2v) is 1.99. The molecule has 1 aromatic heterocycles. The molecule has 0 aromatic carbocycles. The topological polar surface area (TPSA) is 77.8 Å². The van der Waals surface area contributed by atoms with E-state index in [9.17, 15) is 0 Å². The van der Waals surface area contributed by atoms with Crippen LogP contribution in [0.2, 0.25) is 0 Å². The van der Waals surface area contributed by atoms with Crippen molar-refractivity contribution in [2.24, 2.45) is 5.64 Å². The van der Waals surface area contributed by atoms with Gasteiger partial charge in [0, 0.05) is 11.8 Å². The highest BCUT2D eigenvalue weighted by Gasteiger charge is 1.92. The van der Waals surface area contributed by atoms with Gasteiger partial charge in [-0.05, 0) is 13.8 Å². The van der Waals surface area contributed by atoms with Crippen LogP contribution >= 0.6 is 0 Å². The minimum absolute atomic E-state index is 0.572. The van der Waals surface area contributed by atoms with Crippen molar-refractivity contribution in [2.45, 2.75) is 13.8 Å². The van der Waals surface area contributed by atoms with Gasteiger partial charge in [0.05, 0.1) is 0 Å². The molecule has 5 heteroatoms. The summed E-state index contributed by atoms with van der Waals surface area (Å²) in [7, 11) is 4.00. The Kier molecular flexibility index (Phi) is 4.21. The second kappa shape index (κ2) is 4.68. The molecule has 0 aliphatic rings. The smallest absolute Gasteiger partial charge is 0.174 e. The summed E-state index contributed by atoms with van der Waals surface area (Å²) in [6.07, 6.45) is 1.72. The molecular formula is C6H11BN4. The van der Waals surface area contributed by atoms with Crippen LogP contribution in [0, 0.1) is 13.8 Å². The first-order valence-electron chi connectivity index (χ1n) is 3.09. The minimum Gasteiger partial charge on any atom is -0.383 e. The van der Waals surface area contributed by atoms with E-state index >= 15 is 0 Å². The molecule has 0 saturated carbocycles. The van der Waals surface area contributed by atoms with Crippen molar-refractivity contribution in [1.29, 1.82) is 0 Å². The third kappa shape index (κ3) is 3.00. The predicted molar refractivity (Wildman–Crippen MR) is 45.9 cm³/mol. The van der Waals surface area contributed by atoms with Crippen molar-refractivity contribution < 1.29 is 0 Å². The summed E-state index contributed by atoms with van der Waals surface area (Å²) in [4.78, 5) is 7.89.